The quantitative estimate of drug-likeness (QED) is 0.673. The molecule has 0 aromatic heterocycles. The van der Waals surface area contributed by atoms with Crippen molar-refractivity contribution in [2.24, 2.45) is 0 Å². The van der Waals surface area contributed by atoms with E-state index in [4.69, 9.17) is 4.74 Å². The molecular weight excluding hydrogens is 160 g/mol. The molecule has 1 atom stereocenters. The molecule has 1 heteroatoms. The second-order valence-corrected chi connectivity index (χ2v) is 3.59. The van der Waals surface area contributed by atoms with E-state index in [-0.39, 0.29) is 0 Å². The van der Waals surface area contributed by atoms with Crippen molar-refractivity contribution in [3.05, 3.63) is 35.4 Å². The van der Waals surface area contributed by atoms with Crippen molar-refractivity contribution in [1.82, 2.24) is 0 Å². The lowest BCUT2D eigenvalue weighted by atomic mass is 9.90. The molecule has 70 valence electrons. The summed E-state index contributed by atoms with van der Waals surface area (Å²) in [7, 11) is 0. The van der Waals surface area contributed by atoms with Crippen LogP contribution >= 0.6 is 0 Å². The largest absolute Gasteiger partial charge is 0.378 e. The van der Waals surface area contributed by atoms with Gasteiger partial charge in [-0.15, -0.1) is 0 Å². The molecule has 0 aliphatic heterocycles. The van der Waals surface area contributed by atoms with Crippen molar-refractivity contribution in [2.45, 2.75) is 32.3 Å². The molecule has 1 nitrogen and oxygen atoms in total. The van der Waals surface area contributed by atoms with Crippen LogP contribution < -0.4 is 0 Å². The standard InChI is InChI=1S/C12H16O/c1-2-13-12-8-7-10-5-3-4-6-11(10)9-12/h3-6,12H,2,7-9H2,1H3/t12-/m1/s1. The van der Waals surface area contributed by atoms with Gasteiger partial charge < -0.3 is 4.74 Å². The first-order valence-corrected chi connectivity index (χ1v) is 5.08. The van der Waals surface area contributed by atoms with Gasteiger partial charge in [-0.25, -0.2) is 0 Å². The van der Waals surface area contributed by atoms with E-state index in [2.05, 4.69) is 31.2 Å². The number of fused-ring (bicyclic) bond motifs is 1. The molecule has 0 spiro atoms. The zero-order valence-corrected chi connectivity index (χ0v) is 8.12. The average Bonchev–Trinajstić information content (AvgIpc) is 2.18. The molecule has 0 bridgehead atoms. The Labute approximate surface area is 79.7 Å². The summed E-state index contributed by atoms with van der Waals surface area (Å²) >= 11 is 0. The predicted molar refractivity (Wildman–Crippen MR) is 53.9 cm³/mol. The third-order valence-corrected chi connectivity index (χ3v) is 2.70. The van der Waals surface area contributed by atoms with Crippen LogP contribution in [0.3, 0.4) is 0 Å². The molecule has 1 aromatic carbocycles. The Balaban J connectivity index is 2.11. The van der Waals surface area contributed by atoms with Crippen LogP contribution in [0, 0.1) is 0 Å². The molecule has 0 heterocycles. The number of ether oxygens (including phenoxy) is 1. The Morgan fingerprint density at radius 3 is 2.85 bits per heavy atom. The van der Waals surface area contributed by atoms with Gasteiger partial charge in [0.15, 0.2) is 0 Å². The van der Waals surface area contributed by atoms with Gasteiger partial charge in [-0.3, -0.25) is 0 Å². The van der Waals surface area contributed by atoms with Crippen LogP contribution in [0.15, 0.2) is 24.3 Å². The highest BCUT2D eigenvalue weighted by atomic mass is 16.5. The highest BCUT2D eigenvalue weighted by molar-refractivity contribution is 5.29. The maximum absolute atomic E-state index is 5.64. The zero-order chi connectivity index (χ0) is 9.10. The van der Waals surface area contributed by atoms with Gasteiger partial charge in [0.05, 0.1) is 6.10 Å². The molecule has 1 aliphatic rings. The first kappa shape index (κ1) is 8.76. The van der Waals surface area contributed by atoms with Crippen LogP contribution in [0.2, 0.25) is 0 Å². The Bertz CT molecular complexity index is 280. The van der Waals surface area contributed by atoms with E-state index in [1.54, 1.807) is 0 Å². The fourth-order valence-corrected chi connectivity index (χ4v) is 2.04. The molecule has 13 heavy (non-hydrogen) atoms. The lowest BCUT2D eigenvalue weighted by molar-refractivity contribution is 0.0534. The van der Waals surface area contributed by atoms with Gasteiger partial charge in [-0.05, 0) is 37.3 Å². The summed E-state index contributed by atoms with van der Waals surface area (Å²) in [5.74, 6) is 0. The molecule has 2 rings (SSSR count). The fraction of sp³-hybridized carbons (Fsp3) is 0.500. The highest BCUT2D eigenvalue weighted by Gasteiger charge is 2.17. The Kier molecular flexibility index (Phi) is 2.65. The van der Waals surface area contributed by atoms with Crippen LogP contribution in [-0.2, 0) is 17.6 Å². The smallest absolute Gasteiger partial charge is 0.0618 e. The predicted octanol–water partition coefficient (Wildman–Crippen LogP) is 2.58. The molecule has 0 N–H and O–H groups in total. The van der Waals surface area contributed by atoms with Gasteiger partial charge in [-0.1, -0.05) is 24.3 Å². The summed E-state index contributed by atoms with van der Waals surface area (Å²) in [5.41, 5.74) is 2.99. The van der Waals surface area contributed by atoms with Crippen LogP contribution in [0.1, 0.15) is 24.5 Å². The van der Waals surface area contributed by atoms with Gasteiger partial charge >= 0.3 is 0 Å². The summed E-state index contributed by atoms with van der Waals surface area (Å²) in [6.45, 7) is 2.91. The molecular formula is C12H16O. The van der Waals surface area contributed by atoms with E-state index in [1.165, 1.54) is 24.0 Å². The molecule has 1 aliphatic carbocycles. The Morgan fingerprint density at radius 1 is 1.31 bits per heavy atom. The first-order chi connectivity index (χ1) is 6.40. The van der Waals surface area contributed by atoms with Gasteiger partial charge in [0, 0.05) is 6.61 Å². The summed E-state index contributed by atoms with van der Waals surface area (Å²) < 4.78 is 5.64. The van der Waals surface area contributed by atoms with Crippen LogP contribution in [0.5, 0.6) is 0 Å². The minimum absolute atomic E-state index is 0.458. The summed E-state index contributed by atoms with van der Waals surface area (Å²) in [4.78, 5) is 0. The molecule has 0 amide bonds. The van der Waals surface area contributed by atoms with E-state index in [0.717, 1.165) is 13.0 Å². The molecule has 0 fully saturated rings. The maximum Gasteiger partial charge on any atom is 0.0618 e. The van der Waals surface area contributed by atoms with Crippen molar-refractivity contribution in [2.75, 3.05) is 6.61 Å². The number of rotatable bonds is 2. The van der Waals surface area contributed by atoms with Crippen molar-refractivity contribution in [1.29, 1.82) is 0 Å². The summed E-state index contributed by atoms with van der Waals surface area (Å²) in [6.07, 6.45) is 3.93. The second kappa shape index (κ2) is 3.93. The summed E-state index contributed by atoms with van der Waals surface area (Å²) in [5, 5.41) is 0. The van der Waals surface area contributed by atoms with Crippen molar-refractivity contribution in [3.8, 4) is 0 Å². The average molecular weight is 176 g/mol. The lowest BCUT2D eigenvalue weighted by Crippen LogP contribution is -2.22. The summed E-state index contributed by atoms with van der Waals surface area (Å²) in [6, 6.07) is 8.70. The van der Waals surface area contributed by atoms with Gasteiger partial charge in [0.2, 0.25) is 0 Å². The zero-order valence-electron chi connectivity index (χ0n) is 8.12. The number of hydrogen-bond donors (Lipinski definition) is 0. The van der Waals surface area contributed by atoms with E-state index in [9.17, 15) is 0 Å². The molecule has 0 radical (unpaired) electrons. The number of hydrogen-bond acceptors (Lipinski definition) is 1. The van der Waals surface area contributed by atoms with Crippen molar-refractivity contribution >= 4 is 0 Å². The maximum atomic E-state index is 5.64. The lowest BCUT2D eigenvalue weighted by Gasteiger charge is -2.24. The SMILES string of the molecule is CCO[C@@H]1CCc2ccccc2C1. The Morgan fingerprint density at radius 2 is 2.08 bits per heavy atom. The first-order valence-electron chi connectivity index (χ1n) is 5.08. The normalized spacial score (nSPS) is 21.2. The van der Waals surface area contributed by atoms with E-state index in [0.29, 0.717) is 6.10 Å². The highest BCUT2D eigenvalue weighted by Crippen LogP contribution is 2.22. The van der Waals surface area contributed by atoms with E-state index in [1.807, 2.05) is 0 Å². The minimum Gasteiger partial charge on any atom is -0.378 e. The van der Waals surface area contributed by atoms with E-state index >= 15 is 0 Å². The molecule has 0 saturated heterocycles. The van der Waals surface area contributed by atoms with Crippen molar-refractivity contribution in [3.63, 3.8) is 0 Å². The van der Waals surface area contributed by atoms with Crippen molar-refractivity contribution < 1.29 is 4.74 Å². The fourth-order valence-electron chi connectivity index (χ4n) is 2.04. The monoisotopic (exact) mass is 176 g/mol. The number of benzene rings is 1. The molecule has 1 aromatic rings. The van der Waals surface area contributed by atoms with Crippen LogP contribution in [-0.4, -0.2) is 12.7 Å². The molecule has 0 unspecified atom stereocenters. The second-order valence-electron chi connectivity index (χ2n) is 3.59. The van der Waals surface area contributed by atoms with Crippen LogP contribution in [0.25, 0.3) is 0 Å². The number of aryl methyl sites for hydroxylation is 1. The van der Waals surface area contributed by atoms with Gasteiger partial charge in [0.1, 0.15) is 0 Å². The van der Waals surface area contributed by atoms with Crippen LogP contribution in [0.4, 0.5) is 0 Å². The topological polar surface area (TPSA) is 9.23 Å². The van der Waals surface area contributed by atoms with Gasteiger partial charge in [-0.2, -0.15) is 0 Å². The Hall–Kier alpha value is -0.820. The van der Waals surface area contributed by atoms with Gasteiger partial charge in [0.25, 0.3) is 0 Å². The van der Waals surface area contributed by atoms with E-state index < -0.39 is 0 Å². The third-order valence-electron chi connectivity index (χ3n) is 2.70. The molecule has 0 saturated carbocycles. The third kappa shape index (κ3) is 1.92. The minimum atomic E-state index is 0.458.